The summed E-state index contributed by atoms with van der Waals surface area (Å²) >= 11 is 6.42. The highest BCUT2D eigenvalue weighted by Crippen LogP contribution is 2.43. The van der Waals surface area contributed by atoms with Gasteiger partial charge >= 0.3 is 0 Å². The number of amides is 3. The quantitative estimate of drug-likeness (QED) is 0.433. The molecule has 6 nitrogen and oxygen atoms in total. The van der Waals surface area contributed by atoms with Crippen molar-refractivity contribution in [2.45, 2.75) is 18.3 Å². The summed E-state index contributed by atoms with van der Waals surface area (Å²) in [5, 5.41) is 0.370. The Morgan fingerprint density at radius 1 is 1.21 bits per heavy atom. The minimum absolute atomic E-state index is 0.0786. The maximum Gasteiger partial charge on any atom is 0.240 e. The number of carbonyl (C=O) groups excluding carboxylic acids is 3. The first-order valence-electron chi connectivity index (χ1n) is 9.51. The molecule has 3 amide bonds. The largest absolute Gasteiger partial charge is 0.335 e. The van der Waals surface area contributed by atoms with Crippen molar-refractivity contribution in [3.8, 4) is 0 Å². The predicted molar refractivity (Wildman–Crippen MR) is 115 cm³/mol. The highest BCUT2D eigenvalue weighted by molar-refractivity contribution is 6.32. The number of benzene rings is 1. The molecule has 0 unspecified atom stereocenters. The third kappa shape index (κ3) is 4.95. The average Bonchev–Trinajstić information content (AvgIpc) is 2.90. The molecule has 0 bridgehead atoms. The molecule has 1 aromatic carbocycles. The van der Waals surface area contributed by atoms with Crippen molar-refractivity contribution in [3.63, 3.8) is 0 Å². The second-order valence-corrected chi connectivity index (χ2v) is 7.85. The summed E-state index contributed by atoms with van der Waals surface area (Å²) in [6.45, 7) is 8.84. The number of halogens is 1. The number of likely N-dealkylation sites (N-methyl/N-ethyl adjacent to an activating group) is 1. The maximum absolute atomic E-state index is 13.5. The number of imide groups is 1. The molecule has 0 aromatic heterocycles. The minimum atomic E-state index is -1.31. The van der Waals surface area contributed by atoms with Crippen LogP contribution in [0, 0.1) is 0 Å². The number of carbonyl (C=O) groups is 3. The molecule has 0 aliphatic carbocycles. The van der Waals surface area contributed by atoms with E-state index in [0.29, 0.717) is 30.2 Å². The van der Waals surface area contributed by atoms with Crippen LogP contribution < -0.4 is 0 Å². The lowest BCUT2D eigenvalue weighted by Gasteiger charge is -2.30. The van der Waals surface area contributed by atoms with E-state index in [4.69, 9.17) is 11.6 Å². The highest BCUT2D eigenvalue weighted by atomic mass is 35.5. The maximum atomic E-state index is 13.5. The van der Waals surface area contributed by atoms with Crippen molar-refractivity contribution in [1.29, 1.82) is 0 Å². The predicted octanol–water partition coefficient (Wildman–Crippen LogP) is 2.49. The molecular formula is C22H28ClN3O3. The number of hydrogen-bond acceptors (Lipinski definition) is 4. The Labute approximate surface area is 177 Å². The van der Waals surface area contributed by atoms with Crippen LogP contribution in [0.3, 0.4) is 0 Å². The molecule has 156 valence electrons. The Morgan fingerprint density at radius 3 is 2.38 bits per heavy atom. The first-order chi connectivity index (χ1) is 13.8. The highest BCUT2D eigenvalue weighted by Gasteiger charge is 2.54. The van der Waals surface area contributed by atoms with Gasteiger partial charge in [-0.2, -0.15) is 0 Å². The second kappa shape index (κ2) is 9.85. The SMILES string of the molecule is C=CCN(CC=C)C(=O)C[C@@]1(c2ccccc2Cl)CC(=O)N(CCN(C)C)C1=O. The molecule has 0 saturated carbocycles. The summed E-state index contributed by atoms with van der Waals surface area (Å²) < 4.78 is 0. The summed E-state index contributed by atoms with van der Waals surface area (Å²) in [4.78, 5) is 44.1. The van der Waals surface area contributed by atoms with Crippen molar-refractivity contribution >= 4 is 29.3 Å². The zero-order valence-electron chi connectivity index (χ0n) is 17.1. The molecule has 0 radical (unpaired) electrons. The molecule has 1 aliphatic heterocycles. The first kappa shape index (κ1) is 22.8. The minimum Gasteiger partial charge on any atom is -0.335 e. The van der Waals surface area contributed by atoms with Gasteiger partial charge in [-0.1, -0.05) is 42.0 Å². The van der Waals surface area contributed by atoms with E-state index in [1.54, 1.807) is 41.3 Å². The summed E-state index contributed by atoms with van der Waals surface area (Å²) in [6.07, 6.45) is 3.02. The van der Waals surface area contributed by atoms with Gasteiger partial charge in [-0.3, -0.25) is 19.3 Å². The molecule has 1 heterocycles. The van der Waals surface area contributed by atoms with Crippen molar-refractivity contribution in [1.82, 2.24) is 14.7 Å². The van der Waals surface area contributed by atoms with Gasteiger partial charge in [0.15, 0.2) is 0 Å². The first-order valence-corrected chi connectivity index (χ1v) is 9.88. The van der Waals surface area contributed by atoms with Gasteiger partial charge in [0.2, 0.25) is 17.7 Å². The Balaban J connectivity index is 2.46. The van der Waals surface area contributed by atoms with Crippen molar-refractivity contribution < 1.29 is 14.4 Å². The third-order valence-corrected chi connectivity index (χ3v) is 5.40. The lowest BCUT2D eigenvalue weighted by molar-refractivity contribution is -0.142. The van der Waals surface area contributed by atoms with Gasteiger partial charge in [0.1, 0.15) is 0 Å². The van der Waals surface area contributed by atoms with Gasteiger partial charge < -0.3 is 9.80 Å². The van der Waals surface area contributed by atoms with Crippen LogP contribution in [0.4, 0.5) is 0 Å². The molecule has 7 heteroatoms. The van der Waals surface area contributed by atoms with Crippen LogP contribution in [-0.2, 0) is 19.8 Å². The standard InChI is InChI=1S/C22H28ClN3O3/c1-5-11-25(12-6-2)19(27)15-22(17-9-7-8-10-18(17)23)16-20(28)26(21(22)29)14-13-24(3)4/h5-10H,1-2,11-16H2,3-4H3/t22-/m0/s1. The molecule has 1 saturated heterocycles. The fraction of sp³-hybridized carbons (Fsp3) is 0.409. The summed E-state index contributed by atoms with van der Waals surface area (Å²) in [6, 6.07) is 6.92. The van der Waals surface area contributed by atoms with Crippen molar-refractivity contribution in [2.24, 2.45) is 0 Å². The van der Waals surface area contributed by atoms with Crippen LogP contribution in [0.5, 0.6) is 0 Å². The molecular weight excluding hydrogens is 390 g/mol. The van der Waals surface area contributed by atoms with E-state index in [1.807, 2.05) is 19.0 Å². The Kier molecular flexibility index (Phi) is 7.76. The van der Waals surface area contributed by atoms with E-state index >= 15 is 0 Å². The molecule has 0 spiro atoms. The number of hydrogen-bond donors (Lipinski definition) is 0. The summed E-state index contributed by atoms with van der Waals surface area (Å²) in [5.41, 5.74) is -0.794. The number of likely N-dealkylation sites (tertiary alicyclic amines) is 1. The monoisotopic (exact) mass is 417 g/mol. The topological polar surface area (TPSA) is 60.9 Å². The van der Waals surface area contributed by atoms with E-state index < -0.39 is 5.41 Å². The van der Waals surface area contributed by atoms with Crippen molar-refractivity contribution in [3.05, 3.63) is 60.2 Å². The molecule has 1 atom stereocenters. The average molecular weight is 418 g/mol. The molecule has 1 aliphatic rings. The second-order valence-electron chi connectivity index (χ2n) is 7.45. The molecule has 29 heavy (non-hydrogen) atoms. The van der Waals surface area contributed by atoms with Gasteiger partial charge in [0.05, 0.1) is 5.41 Å². The number of rotatable bonds is 10. The molecule has 0 N–H and O–H groups in total. The summed E-state index contributed by atoms with van der Waals surface area (Å²) in [7, 11) is 3.75. The fourth-order valence-corrected chi connectivity index (χ4v) is 3.90. The molecule has 2 rings (SSSR count). The van der Waals surface area contributed by atoms with Gasteiger partial charge in [-0.05, 0) is 25.7 Å². The lowest BCUT2D eigenvalue weighted by Crippen LogP contribution is -2.45. The number of nitrogens with zero attached hydrogens (tertiary/aromatic N) is 3. The Morgan fingerprint density at radius 2 is 1.83 bits per heavy atom. The van der Waals surface area contributed by atoms with E-state index in [-0.39, 0.29) is 37.1 Å². The zero-order chi connectivity index (χ0) is 21.6. The molecule has 1 fully saturated rings. The third-order valence-electron chi connectivity index (χ3n) is 5.07. The van der Waals surface area contributed by atoms with Gasteiger partial charge in [-0.25, -0.2) is 0 Å². The zero-order valence-corrected chi connectivity index (χ0v) is 17.8. The fourth-order valence-electron chi connectivity index (χ4n) is 3.58. The van der Waals surface area contributed by atoms with Crippen LogP contribution in [0.1, 0.15) is 18.4 Å². The van der Waals surface area contributed by atoms with E-state index in [9.17, 15) is 14.4 Å². The lowest BCUT2D eigenvalue weighted by atomic mass is 9.75. The molecule has 1 aromatic rings. The smallest absolute Gasteiger partial charge is 0.240 e. The van der Waals surface area contributed by atoms with Crippen LogP contribution >= 0.6 is 11.6 Å². The van der Waals surface area contributed by atoms with E-state index in [0.717, 1.165) is 0 Å². The Hall–Kier alpha value is -2.44. The van der Waals surface area contributed by atoms with Gasteiger partial charge in [-0.15, -0.1) is 13.2 Å². The van der Waals surface area contributed by atoms with Crippen LogP contribution in [0.15, 0.2) is 49.6 Å². The Bertz CT molecular complexity index is 798. The van der Waals surface area contributed by atoms with Crippen LogP contribution in [-0.4, -0.2) is 72.7 Å². The van der Waals surface area contributed by atoms with Gasteiger partial charge in [0.25, 0.3) is 0 Å². The summed E-state index contributed by atoms with van der Waals surface area (Å²) in [5.74, 6) is -0.910. The van der Waals surface area contributed by atoms with Crippen molar-refractivity contribution in [2.75, 3.05) is 40.3 Å². The van der Waals surface area contributed by atoms with E-state index in [2.05, 4.69) is 13.2 Å². The van der Waals surface area contributed by atoms with E-state index in [1.165, 1.54) is 4.90 Å². The van der Waals surface area contributed by atoms with Crippen LogP contribution in [0.25, 0.3) is 0 Å². The van der Waals surface area contributed by atoms with Gasteiger partial charge in [0, 0.05) is 44.0 Å². The van der Waals surface area contributed by atoms with Crippen LogP contribution in [0.2, 0.25) is 5.02 Å². The normalized spacial score (nSPS) is 19.0.